The third-order valence-corrected chi connectivity index (χ3v) is 3.93. The van der Waals surface area contributed by atoms with Gasteiger partial charge in [0, 0.05) is 6.54 Å². The molecule has 1 aliphatic heterocycles. The number of rotatable bonds is 2. The Balaban J connectivity index is 2.68. The van der Waals surface area contributed by atoms with Crippen molar-refractivity contribution in [2.24, 2.45) is 0 Å². The van der Waals surface area contributed by atoms with E-state index in [1.165, 1.54) is 4.31 Å². The van der Waals surface area contributed by atoms with E-state index in [0.717, 1.165) is 0 Å². The van der Waals surface area contributed by atoms with Gasteiger partial charge in [0.2, 0.25) is 10.0 Å². The Morgan fingerprint density at radius 2 is 2.38 bits per heavy atom. The van der Waals surface area contributed by atoms with Gasteiger partial charge in [0.15, 0.2) is 6.10 Å². The molecule has 1 saturated heterocycles. The van der Waals surface area contributed by atoms with Gasteiger partial charge in [0.05, 0.1) is 19.2 Å². The van der Waals surface area contributed by atoms with Crippen LogP contribution in [0.15, 0.2) is 0 Å². The zero-order valence-electron chi connectivity index (χ0n) is 6.81. The van der Waals surface area contributed by atoms with E-state index in [9.17, 15) is 8.42 Å². The normalized spacial score (nSPS) is 25.4. The van der Waals surface area contributed by atoms with E-state index in [1.807, 2.05) is 6.07 Å². The van der Waals surface area contributed by atoms with Crippen LogP contribution in [-0.2, 0) is 14.8 Å². The highest BCUT2D eigenvalue weighted by Gasteiger charge is 2.28. The molecule has 7 heteroatoms. The Kier molecular flexibility index (Phi) is 3.50. The van der Waals surface area contributed by atoms with Gasteiger partial charge < -0.3 is 4.74 Å². The lowest BCUT2D eigenvalue weighted by Crippen LogP contribution is -2.45. The molecule has 0 saturated carbocycles. The molecule has 1 unspecified atom stereocenters. The summed E-state index contributed by atoms with van der Waals surface area (Å²) in [5, 5.41) is 8.06. The van der Waals surface area contributed by atoms with Gasteiger partial charge in [-0.05, 0) is 0 Å². The van der Waals surface area contributed by atoms with E-state index in [0.29, 0.717) is 0 Å². The van der Waals surface area contributed by atoms with Gasteiger partial charge in [-0.15, -0.1) is 11.6 Å². The fraction of sp³-hybridized carbons (Fsp3) is 0.833. The van der Waals surface area contributed by atoms with Crippen LogP contribution < -0.4 is 0 Å². The second-order valence-corrected chi connectivity index (χ2v) is 5.12. The van der Waals surface area contributed by atoms with Crippen LogP contribution in [0.1, 0.15) is 0 Å². The van der Waals surface area contributed by atoms with Crippen LogP contribution in [0.2, 0.25) is 0 Å². The maximum atomic E-state index is 11.2. The number of nitriles is 1. The first-order valence-corrected chi connectivity index (χ1v) is 5.79. The molecular weight excluding hydrogens is 216 g/mol. The van der Waals surface area contributed by atoms with Crippen LogP contribution >= 0.6 is 11.6 Å². The summed E-state index contributed by atoms with van der Waals surface area (Å²) in [5.74, 6) is 0. The molecule has 5 nitrogen and oxygen atoms in total. The van der Waals surface area contributed by atoms with E-state index in [1.54, 1.807) is 0 Å². The maximum Gasteiger partial charge on any atom is 0.228 e. The lowest BCUT2D eigenvalue weighted by Gasteiger charge is -2.27. The zero-order chi connectivity index (χ0) is 9.90. The van der Waals surface area contributed by atoms with Crippen LogP contribution in [-0.4, -0.2) is 43.7 Å². The molecule has 1 rings (SSSR count). The van der Waals surface area contributed by atoms with E-state index in [2.05, 4.69) is 0 Å². The summed E-state index contributed by atoms with van der Waals surface area (Å²) in [6.07, 6.45) is -0.674. The van der Waals surface area contributed by atoms with Gasteiger partial charge in [0.1, 0.15) is 5.21 Å². The summed E-state index contributed by atoms with van der Waals surface area (Å²) < 4.78 is 28.7. The van der Waals surface area contributed by atoms with Gasteiger partial charge in [0.25, 0.3) is 0 Å². The molecule has 13 heavy (non-hydrogen) atoms. The third kappa shape index (κ3) is 2.54. The molecule has 0 spiro atoms. The summed E-state index contributed by atoms with van der Waals surface area (Å²) in [6.45, 7) is 0.590. The molecule has 1 atom stereocenters. The summed E-state index contributed by atoms with van der Waals surface area (Å²) in [5.41, 5.74) is 0. The van der Waals surface area contributed by atoms with Crippen molar-refractivity contribution in [3.8, 4) is 6.07 Å². The second-order valence-electron chi connectivity index (χ2n) is 2.57. The topological polar surface area (TPSA) is 70.4 Å². The molecule has 0 N–H and O–H groups in total. The van der Waals surface area contributed by atoms with E-state index < -0.39 is 21.3 Å². The highest BCUT2D eigenvalue weighted by Crippen LogP contribution is 2.10. The van der Waals surface area contributed by atoms with Crippen LogP contribution in [0.5, 0.6) is 0 Å². The molecule has 0 radical (unpaired) electrons. The predicted octanol–water partition coefficient (Wildman–Crippen LogP) is -0.263. The smallest absolute Gasteiger partial charge is 0.228 e. The van der Waals surface area contributed by atoms with Crippen LogP contribution in [0.3, 0.4) is 0 Å². The zero-order valence-corrected chi connectivity index (χ0v) is 8.38. The van der Waals surface area contributed by atoms with E-state index >= 15 is 0 Å². The molecule has 74 valence electrons. The van der Waals surface area contributed by atoms with Gasteiger partial charge in [-0.1, -0.05) is 0 Å². The Morgan fingerprint density at radius 1 is 1.69 bits per heavy atom. The number of sulfonamides is 1. The Hall–Kier alpha value is -0.350. The van der Waals surface area contributed by atoms with Crippen molar-refractivity contribution in [2.75, 3.05) is 24.9 Å². The molecule has 1 fully saturated rings. The molecular formula is C6H9ClN2O3S. The quantitative estimate of drug-likeness (QED) is 0.606. The van der Waals surface area contributed by atoms with Gasteiger partial charge in [-0.3, -0.25) is 0 Å². The summed E-state index contributed by atoms with van der Waals surface area (Å²) >= 11 is 5.26. The first-order chi connectivity index (χ1) is 6.10. The SMILES string of the molecule is N#CC1CN(S(=O)(=O)CCl)CCO1. The molecule has 1 aliphatic rings. The lowest BCUT2D eigenvalue weighted by atomic mass is 10.3. The maximum absolute atomic E-state index is 11.2. The average Bonchev–Trinajstić information content (AvgIpc) is 2.18. The second kappa shape index (κ2) is 4.24. The first kappa shape index (κ1) is 10.7. The van der Waals surface area contributed by atoms with Gasteiger partial charge in [-0.2, -0.15) is 9.57 Å². The number of morpholine rings is 1. The third-order valence-electron chi connectivity index (χ3n) is 1.70. The minimum Gasteiger partial charge on any atom is -0.361 e. The highest BCUT2D eigenvalue weighted by atomic mass is 35.5. The molecule has 0 amide bonds. The summed E-state index contributed by atoms with van der Waals surface area (Å²) in [6, 6.07) is 1.86. The van der Waals surface area contributed by atoms with Crippen LogP contribution in [0.25, 0.3) is 0 Å². The fourth-order valence-electron chi connectivity index (χ4n) is 1.03. The van der Waals surface area contributed by atoms with Crippen LogP contribution in [0, 0.1) is 11.3 Å². The minimum absolute atomic E-state index is 0.0750. The van der Waals surface area contributed by atoms with Crippen molar-refractivity contribution >= 4 is 21.6 Å². The highest BCUT2D eigenvalue weighted by molar-refractivity contribution is 7.90. The molecule has 0 aliphatic carbocycles. The van der Waals surface area contributed by atoms with Crippen molar-refractivity contribution in [1.29, 1.82) is 5.26 Å². The number of hydrogen-bond donors (Lipinski definition) is 0. The van der Waals surface area contributed by atoms with Crippen molar-refractivity contribution in [3.05, 3.63) is 0 Å². The predicted molar refractivity (Wildman–Crippen MR) is 46.6 cm³/mol. The van der Waals surface area contributed by atoms with Crippen LogP contribution in [0.4, 0.5) is 0 Å². The number of halogens is 1. The summed E-state index contributed by atoms with van der Waals surface area (Å²) in [4.78, 5) is 0. The molecule has 0 aromatic heterocycles. The average molecular weight is 225 g/mol. The lowest BCUT2D eigenvalue weighted by molar-refractivity contribution is 0.0313. The van der Waals surface area contributed by atoms with Crippen molar-refractivity contribution in [1.82, 2.24) is 4.31 Å². The standard InChI is InChI=1S/C6H9ClN2O3S/c7-5-13(10,11)9-1-2-12-6(3-8)4-9/h6H,1-2,4-5H2. The Bertz CT molecular complexity index is 310. The largest absolute Gasteiger partial charge is 0.361 e. The minimum atomic E-state index is -3.40. The monoisotopic (exact) mass is 224 g/mol. The first-order valence-electron chi connectivity index (χ1n) is 3.65. The molecule has 0 aromatic carbocycles. The fourth-order valence-corrected chi connectivity index (χ4v) is 2.29. The van der Waals surface area contributed by atoms with Crippen molar-refractivity contribution in [3.63, 3.8) is 0 Å². The Morgan fingerprint density at radius 3 is 2.92 bits per heavy atom. The molecule has 0 aromatic rings. The number of hydrogen-bond acceptors (Lipinski definition) is 4. The number of nitrogens with zero attached hydrogens (tertiary/aromatic N) is 2. The van der Waals surface area contributed by atoms with E-state index in [4.69, 9.17) is 21.6 Å². The number of alkyl halides is 1. The van der Waals surface area contributed by atoms with Crippen molar-refractivity contribution < 1.29 is 13.2 Å². The number of ether oxygens (including phenoxy) is 1. The Labute approximate surface area is 81.9 Å². The summed E-state index contributed by atoms with van der Waals surface area (Å²) in [7, 11) is -3.40. The molecule has 1 heterocycles. The van der Waals surface area contributed by atoms with Gasteiger partial charge in [-0.25, -0.2) is 8.42 Å². The van der Waals surface area contributed by atoms with E-state index in [-0.39, 0.29) is 19.7 Å². The van der Waals surface area contributed by atoms with Gasteiger partial charge >= 0.3 is 0 Å². The molecule has 0 bridgehead atoms. The van der Waals surface area contributed by atoms with Crippen molar-refractivity contribution in [2.45, 2.75) is 6.10 Å².